The van der Waals surface area contributed by atoms with Gasteiger partial charge in [-0.05, 0) is 30.7 Å². The highest BCUT2D eigenvalue weighted by Crippen LogP contribution is 2.16. The van der Waals surface area contributed by atoms with Gasteiger partial charge in [-0.15, -0.1) is 0 Å². The second-order valence-electron chi connectivity index (χ2n) is 3.63. The molecule has 0 amide bonds. The van der Waals surface area contributed by atoms with Gasteiger partial charge in [0, 0.05) is 6.54 Å². The van der Waals surface area contributed by atoms with Gasteiger partial charge in [-0.25, -0.2) is 13.1 Å². The molecule has 2 N–H and O–H groups in total. The van der Waals surface area contributed by atoms with Crippen molar-refractivity contribution in [2.75, 3.05) is 6.54 Å². The first-order chi connectivity index (χ1) is 8.36. The van der Waals surface area contributed by atoms with Gasteiger partial charge in [-0.3, -0.25) is 4.79 Å². The number of hydrogen-bond acceptors (Lipinski definition) is 4. The van der Waals surface area contributed by atoms with E-state index in [2.05, 4.69) is 4.72 Å². The van der Waals surface area contributed by atoms with E-state index in [1.165, 1.54) is 18.2 Å². The molecular weight excluding hydrogens is 256 g/mol. The molecule has 0 saturated heterocycles. The monoisotopic (exact) mass is 268 g/mol. The number of carboxylic acid groups (broad SMARTS) is 1. The van der Waals surface area contributed by atoms with E-state index in [0.717, 1.165) is 0 Å². The second kappa shape index (κ2) is 5.62. The third-order valence-electron chi connectivity index (χ3n) is 2.22. The Balaban J connectivity index is 2.92. The van der Waals surface area contributed by atoms with E-state index >= 15 is 0 Å². The number of sulfonamides is 1. The van der Waals surface area contributed by atoms with Crippen molar-refractivity contribution in [3.05, 3.63) is 29.3 Å². The molecule has 1 aromatic carbocycles. The summed E-state index contributed by atoms with van der Waals surface area (Å²) in [7, 11) is -3.73. The van der Waals surface area contributed by atoms with Crippen LogP contribution in [0.3, 0.4) is 0 Å². The van der Waals surface area contributed by atoms with Crippen LogP contribution >= 0.6 is 0 Å². The molecule has 0 saturated carbocycles. The van der Waals surface area contributed by atoms with Gasteiger partial charge in [0.1, 0.15) is 0 Å². The van der Waals surface area contributed by atoms with Crippen LogP contribution in [-0.4, -0.2) is 26.0 Å². The van der Waals surface area contributed by atoms with Crippen LogP contribution < -0.4 is 4.72 Å². The molecule has 0 radical (unpaired) electrons. The number of rotatable bonds is 5. The molecule has 0 atom stereocenters. The lowest BCUT2D eigenvalue weighted by molar-refractivity contribution is -0.136. The smallest absolute Gasteiger partial charge is 0.304 e. The fraction of sp³-hybridized carbons (Fsp3) is 0.273. The summed E-state index contributed by atoms with van der Waals surface area (Å²) in [6.07, 6.45) is -0.283. The summed E-state index contributed by atoms with van der Waals surface area (Å²) < 4.78 is 25.9. The van der Waals surface area contributed by atoms with Gasteiger partial charge in [0.25, 0.3) is 0 Å². The molecule has 0 unspecified atom stereocenters. The highest BCUT2D eigenvalue weighted by atomic mass is 32.2. The van der Waals surface area contributed by atoms with Crippen molar-refractivity contribution in [3.63, 3.8) is 0 Å². The van der Waals surface area contributed by atoms with Crippen molar-refractivity contribution in [1.29, 1.82) is 5.26 Å². The van der Waals surface area contributed by atoms with Crippen molar-refractivity contribution in [2.45, 2.75) is 18.2 Å². The summed E-state index contributed by atoms with van der Waals surface area (Å²) in [4.78, 5) is 10.3. The molecule has 0 aliphatic carbocycles. The number of nitrogens with one attached hydrogen (secondary N) is 1. The maximum Gasteiger partial charge on any atom is 0.304 e. The SMILES string of the molecule is Cc1cc(C#N)ccc1S(=O)(=O)NCCC(=O)O. The van der Waals surface area contributed by atoms with E-state index in [1.54, 1.807) is 6.92 Å². The minimum absolute atomic E-state index is 0.0480. The van der Waals surface area contributed by atoms with Crippen LogP contribution in [-0.2, 0) is 14.8 Å². The Morgan fingerprint density at radius 3 is 2.67 bits per heavy atom. The molecule has 7 heteroatoms. The predicted octanol–water partition coefficient (Wildman–Crippen LogP) is 0.620. The van der Waals surface area contributed by atoms with Crippen molar-refractivity contribution in [1.82, 2.24) is 4.72 Å². The van der Waals surface area contributed by atoms with E-state index < -0.39 is 16.0 Å². The lowest BCUT2D eigenvalue weighted by Gasteiger charge is -2.08. The number of aliphatic carboxylic acids is 1. The Morgan fingerprint density at radius 1 is 1.50 bits per heavy atom. The average molecular weight is 268 g/mol. The number of nitriles is 1. The Labute approximate surface area is 105 Å². The number of carbonyl (C=O) groups is 1. The van der Waals surface area contributed by atoms with Crippen molar-refractivity contribution in [3.8, 4) is 6.07 Å². The standard InChI is InChI=1S/C11H12N2O4S/c1-8-6-9(7-12)2-3-10(8)18(16,17)13-5-4-11(14)15/h2-3,6,13H,4-5H2,1H3,(H,14,15). The van der Waals surface area contributed by atoms with Crippen LogP contribution in [0.25, 0.3) is 0 Å². The van der Waals surface area contributed by atoms with Crippen LogP contribution in [0.2, 0.25) is 0 Å². The summed E-state index contributed by atoms with van der Waals surface area (Å²) in [6, 6.07) is 6.11. The Hall–Kier alpha value is -1.91. The van der Waals surface area contributed by atoms with Crippen LogP contribution in [0.4, 0.5) is 0 Å². The first-order valence-corrected chi connectivity index (χ1v) is 6.57. The second-order valence-corrected chi connectivity index (χ2v) is 5.37. The van der Waals surface area contributed by atoms with E-state index in [9.17, 15) is 13.2 Å². The predicted molar refractivity (Wildman–Crippen MR) is 63.3 cm³/mol. The molecule has 1 rings (SSSR count). The number of aryl methyl sites for hydroxylation is 1. The lowest BCUT2D eigenvalue weighted by Crippen LogP contribution is -2.26. The number of benzene rings is 1. The molecule has 18 heavy (non-hydrogen) atoms. The van der Waals surface area contributed by atoms with E-state index in [-0.39, 0.29) is 17.9 Å². The molecular formula is C11H12N2O4S. The lowest BCUT2D eigenvalue weighted by atomic mass is 10.2. The number of carboxylic acids is 1. The summed E-state index contributed by atoms with van der Waals surface area (Å²) in [6.45, 7) is 1.41. The molecule has 0 aliphatic rings. The van der Waals surface area contributed by atoms with E-state index in [0.29, 0.717) is 11.1 Å². The van der Waals surface area contributed by atoms with Gasteiger partial charge in [0.05, 0.1) is 22.9 Å². The van der Waals surface area contributed by atoms with E-state index in [1.807, 2.05) is 6.07 Å². The highest BCUT2D eigenvalue weighted by molar-refractivity contribution is 7.89. The maximum atomic E-state index is 11.8. The zero-order chi connectivity index (χ0) is 13.8. The van der Waals surface area contributed by atoms with Gasteiger partial charge in [-0.1, -0.05) is 0 Å². The number of nitrogens with zero attached hydrogens (tertiary/aromatic N) is 1. The van der Waals surface area contributed by atoms with Crippen LogP contribution in [0.15, 0.2) is 23.1 Å². The summed E-state index contributed by atoms with van der Waals surface area (Å²) >= 11 is 0. The summed E-state index contributed by atoms with van der Waals surface area (Å²) in [5.74, 6) is -1.07. The Kier molecular flexibility index (Phi) is 4.42. The molecule has 0 heterocycles. The molecule has 0 aromatic heterocycles. The number of hydrogen-bond donors (Lipinski definition) is 2. The largest absolute Gasteiger partial charge is 0.481 e. The minimum atomic E-state index is -3.73. The molecule has 6 nitrogen and oxygen atoms in total. The topological polar surface area (TPSA) is 107 Å². The zero-order valence-electron chi connectivity index (χ0n) is 9.67. The zero-order valence-corrected chi connectivity index (χ0v) is 10.5. The fourth-order valence-electron chi connectivity index (χ4n) is 1.39. The third-order valence-corrected chi connectivity index (χ3v) is 3.85. The Morgan fingerprint density at radius 2 is 2.17 bits per heavy atom. The van der Waals surface area contributed by atoms with Crippen molar-refractivity contribution in [2.24, 2.45) is 0 Å². The summed E-state index contributed by atoms with van der Waals surface area (Å²) in [5.41, 5.74) is 0.814. The van der Waals surface area contributed by atoms with Crippen molar-refractivity contribution < 1.29 is 18.3 Å². The maximum absolute atomic E-state index is 11.8. The van der Waals surface area contributed by atoms with Gasteiger partial charge < -0.3 is 5.11 Å². The van der Waals surface area contributed by atoms with Crippen LogP contribution in [0, 0.1) is 18.3 Å². The van der Waals surface area contributed by atoms with Gasteiger partial charge >= 0.3 is 5.97 Å². The molecule has 0 bridgehead atoms. The van der Waals surface area contributed by atoms with Crippen LogP contribution in [0.5, 0.6) is 0 Å². The van der Waals surface area contributed by atoms with Gasteiger partial charge in [0.2, 0.25) is 10.0 Å². The summed E-state index contributed by atoms with van der Waals surface area (Å²) in [5, 5.41) is 17.1. The quantitative estimate of drug-likeness (QED) is 0.814. The van der Waals surface area contributed by atoms with Gasteiger partial charge in [-0.2, -0.15) is 5.26 Å². The van der Waals surface area contributed by atoms with E-state index in [4.69, 9.17) is 10.4 Å². The molecule has 0 aliphatic heterocycles. The molecule has 0 fully saturated rings. The third kappa shape index (κ3) is 3.55. The first kappa shape index (κ1) is 14.2. The van der Waals surface area contributed by atoms with Gasteiger partial charge in [0.15, 0.2) is 0 Å². The van der Waals surface area contributed by atoms with Crippen molar-refractivity contribution >= 4 is 16.0 Å². The highest BCUT2D eigenvalue weighted by Gasteiger charge is 2.16. The van der Waals surface area contributed by atoms with Crippen LogP contribution in [0.1, 0.15) is 17.5 Å². The molecule has 96 valence electrons. The average Bonchev–Trinajstić information content (AvgIpc) is 2.27. The fourth-order valence-corrected chi connectivity index (χ4v) is 2.65. The Bertz CT molecular complexity index is 602. The normalized spacial score (nSPS) is 10.9. The molecule has 0 spiro atoms. The molecule has 1 aromatic rings. The first-order valence-electron chi connectivity index (χ1n) is 5.09. The minimum Gasteiger partial charge on any atom is -0.481 e.